The zero-order chi connectivity index (χ0) is 30.1. The minimum Gasteiger partial charge on any atom is -0.449 e. The quantitative estimate of drug-likeness (QED) is 0.489. The summed E-state index contributed by atoms with van der Waals surface area (Å²) in [5.41, 5.74) is 1.08. The average molecular weight is 597 g/mol. The lowest BCUT2D eigenvalue weighted by atomic mass is 9.97. The molecule has 4 fully saturated rings. The van der Waals surface area contributed by atoms with Crippen molar-refractivity contribution in [1.29, 1.82) is 0 Å². The normalized spacial score (nSPS) is 25.9. The first-order valence-corrected chi connectivity index (χ1v) is 15.9. The highest BCUT2D eigenvalue weighted by Crippen LogP contribution is 2.36. The number of benzene rings is 1. The van der Waals surface area contributed by atoms with Gasteiger partial charge in [-0.3, -0.25) is 14.3 Å². The highest BCUT2D eigenvalue weighted by molar-refractivity contribution is 5.89. The highest BCUT2D eigenvalue weighted by Gasteiger charge is 2.41. The van der Waals surface area contributed by atoms with Crippen LogP contribution in [0.2, 0.25) is 0 Å². The van der Waals surface area contributed by atoms with E-state index in [1.165, 1.54) is 4.57 Å². The van der Waals surface area contributed by atoms with E-state index in [0.29, 0.717) is 57.0 Å². The van der Waals surface area contributed by atoms with Gasteiger partial charge in [0.15, 0.2) is 0 Å². The molecule has 1 N–H and O–H groups in total. The third kappa shape index (κ3) is 6.04. The van der Waals surface area contributed by atoms with E-state index >= 15 is 0 Å². The Kier molecular flexibility index (Phi) is 8.76. The molecular formula is C31H44N6O6. The SMILES string of the molecule is CC(C)n1c(=O)n(C(=O)N[C@H]2C[C@H]3CC[C@@H](C2)N3CCCOC(=O)N2CCN(C(=O)C3CCCO3)CC2)c2ccccc21. The number of carbonyl (C=O) groups excluding carboxylic acids is 3. The van der Waals surface area contributed by atoms with Crippen molar-refractivity contribution < 1.29 is 23.9 Å². The summed E-state index contributed by atoms with van der Waals surface area (Å²) in [6, 6.07) is 7.76. The number of hydrogen-bond donors (Lipinski definition) is 1. The zero-order valence-corrected chi connectivity index (χ0v) is 25.3. The minimum atomic E-state index is -0.359. The Labute approximate surface area is 251 Å². The number of imidazole rings is 1. The van der Waals surface area contributed by atoms with E-state index in [1.807, 2.05) is 38.1 Å². The average Bonchev–Trinajstić information content (AvgIpc) is 3.70. The van der Waals surface area contributed by atoms with Crippen molar-refractivity contribution in [3.8, 4) is 0 Å². The molecule has 2 aromatic rings. The maximum Gasteiger partial charge on any atom is 0.409 e. The molecule has 0 aliphatic carbocycles. The number of piperidine rings is 1. The molecule has 4 aliphatic rings. The molecule has 0 saturated carbocycles. The fourth-order valence-electron chi connectivity index (χ4n) is 7.45. The van der Waals surface area contributed by atoms with Crippen LogP contribution >= 0.6 is 0 Å². The van der Waals surface area contributed by atoms with Crippen LogP contribution in [0.15, 0.2) is 29.1 Å². The van der Waals surface area contributed by atoms with E-state index in [2.05, 4.69) is 10.2 Å². The van der Waals surface area contributed by atoms with Crippen molar-refractivity contribution in [3.05, 3.63) is 34.7 Å². The summed E-state index contributed by atoms with van der Waals surface area (Å²) in [6.45, 7) is 7.71. The first kappa shape index (κ1) is 29.7. The number of nitrogens with one attached hydrogen (secondary N) is 1. The second-order valence-corrected chi connectivity index (χ2v) is 12.6. The first-order valence-electron chi connectivity index (χ1n) is 15.9. The molecule has 1 unspecified atom stereocenters. The molecule has 12 heteroatoms. The Balaban J connectivity index is 0.947. The van der Waals surface area contributed by atoms with E-state index in [0.717, 1.165) is 57.0 Å². The van der Waals surface area contributed by atoms with Crippen molar-refractivity contribution in [3.63, 3.8) is 0 Å². The number of piperazine rings is 1. The van der Waals surface area contributed by atoms with Crippen molar-refractivity contribution >= 4 is 29.1 Å². The second-order valence-electron chi connectivity index (χ2n) is 12.6. The van der Waals surface area contributed by atoms with Crippen molar-refractivity contribution in [2.24, 2.45) is 0 Å². The summed E-state index contributed by atoms with van der Waals surface area (Å²) in [5, 5.41) is 3.16. The minimum absolute atomic E-state index is 0.0120. The maximum atomic E-state index is 13.4. The van der Waals surface area contributed by atoms with Gasteiger partial charge in [-0.1, -0.05) is 12.1 Å². The molecule has 4 saturated heterocycles. The molecule has 43 heavy (non-hydrogen) atoms. The Morgan fingerprint density at radius 2 is 1.65 bits per heavy atom. The smallest absolute Gasteiger partial charge is 0.409 e. The topological polar surface area (TPSA) is 118 Å². The Morgan fingerprint density at radius 3 is 2.30 bits per heavy atom. The fraction of sp³-hybridized carbons (Fsp3) is 0.677. The molecule has 234 valence electrons. The summed E-state index contributed by atoms with van der Waals surface area (Å²) in [4.78, 5) is 57.7. The van der Waals surface area contributed by atoms with Gasteiger partial charge in [0.25, 0.3) is 5.91 Å². The largest absolute Gasteiger partial charge is 0.449 e. The molecule has 5 heterocycles. The molecular weight excluding hydrogens is 552 g/mol. The van der Waals surface area contributed by atoms with Crippen molar-refractivity contribution in [2.75, 3.05) is 45.9 Å². The van der Waals surface area contributed by atoms with Gasteiger partial charge >= 0.3 is 17.8 Å². The highest BCUT2D eigenvalue weighted by atomic mass is 16.6. The van der Waals surface area contributed by atoms with Gasteiger partial charge in [0.05, 0.1) is 17.6 Å². The van der Waals surface area contributed by atoms with Gasteiger partial charge in [0, 0.05) is 63.5 Å². The fourth-order valence-corrected chi connectivity index (χ4v) is 7.45. The third-order valence-electron chi connectivity index (χ3n) is 9.55. The summed E-state index contributed by atoms with van der Waals surface area (Å²) < 4.78 is 14.0. The number of fused-ring (bicyclic) bond motifs is 3. The predicted octanol–water partition coefficient (Wildman–Crippen LogP) is 2.79. The number of hydrogen-bond acceptors (Lipinski definition) is 7. The molecule has 0 radical (unpaired) electrons. The molecule has 4 aliphatic heterocycles. The van der Waals surface area contributed by atoms with Crippen LogP contribution in [0.25, 0.3) is 11.0 Å². The monoisotopic (exact) mass is 596 g/mol. The second kappa shape index (κ2) is 12.7. The van der Waals surface area contributed by atoms with Gasteiger partial charge in [-0.2, -0.15) is 0 Å². The summed E-state index contributed by atoms with van der Waals surface area (Å²) in [6.07, 6.45) is 5.66. The first-order chi connectivity index (χ1) is 20.8. The Bertz CT molecular complexity index is 1370. The van der Waals surface area contributed by atoms with Gasteiger partial charge < -0.3 is 24.6 Å². The lowest BCUT2D eigenvalue weighted by Crippen LogP contribution is -2.53. The number of nitrogens with zero attached hydrogens (tertiary/aromatic N) is 5. The lowest BCUT2D eigenvalue weighted by molar-refractivity contribution is -0.142. The molecule has 0 spiro atoms. The van der Waals surface area contributed by atoms with E-state index in [-0.39, 0.29) is 41.9 Å². The van der Waals surface area contributed by atoms with E-state index in [1.54, 1.807) is 14.4 Å². The van der Waals surface area contributed by atoms with E-state index in [4.69, 9.17) is 9.47 Å². The zero-order valence-electron chi connectivity index (χ0n) is 25.3. The van der Waals surface area contributed by atoms with Gasteiger partial charge in [-0.25, -0.2) is 19.0 Å². The lowest BCUT2D eigenvalue weighted by Gasteiger charge is -2.39. The molecule has 6 rings (SSSR count). The number of aromatic nitrogens is 2. The molecule has 4 atom stereocenters. The van der Waals surface area contributed by atoms with Crippen LogP contribution in [0.5, 0.6) is 0 Å². The summed E-state index contributed by atoms with van der Waals surface area (Å²) >= 11 is 0. The Hall–Kier alpha value is -3.38. The predicted molar refractivity (Wildman–Crippen MR) is 160 cm³/mol. The van der Waals surface area contributed by atoms with E-state index < -0.39 is 0 Å². The van der Waals surface area contributed by atoms with Gasteiger partial charge in [0.1, 0.15) is 6.10 Å². The number of amides is 3. The molecule has 1 aromatic carbocycles. The standard InChI is InChI=1S/C31H44N6O6/c1-21(2)36-25-7-3-4-8-26(25)37(30(36)40)29(39)32-22-19-23-10-11-24(20-22)35(23)12-6-18-43-31(41)34-15-13-33(14-16-34)28(38)27-9-5-17-42-27/h3-4,7-8,21-24,27H,5-6,9-20H2,1-2H3,(H,32,39)/t22-,23+,24-,27?. The number of rotatable bonds is 7. The molecule has 1 aromatic heterocycles. The summed E-state index contributed by atoms with van der Waals surface area (Å²) in [7, 11) is 0. The van der Waals surface area contributed by atoms with Crippen LogP contribution in [0, 0.1) is 0 Å². The van der Waals surface area contributed by atoms with E-state index in [9.17, 15) is 19.2 Å². The van der Waals surface area contributed by atoms with Crippen LogP contribution in [-0.2, 0) is 14.3 Å². The maximum absolute atomic E-state index is 13.4. The molecule has 12 nitrogen and oxygen atoms in total. The summed E-state index contributed by atoms with van der Waals surface area (Å²) in [5.74, 6) is 0.0381. The van der Waals surface area contributed by atoms with Crippen LogP contribution in [0.4, 0.5) is 9.59 Å². The Morgan fingerprint density at radius 1 is 0.977 bits per heavy atom. The number of ether oxygens (including phenoxy) is 2. The van der Waals surface area contributed by atoms with Crippen molar-refractivity contribution in [2.45, 2.75) is 89.1 Å². The van der Waals surface area contributed by atoms with Crippen molar-refractivity contribution in [1.82, 2.24) is 29.2 Å². The number of carbonyl (C=O) groups is 3. The van der Waals surface area contributed by atoms with Crippen LogP contribution in [-0.4, -0.2) is 112 Å². The van der Waals surface area contributed by atoms with Gasteiger partial charge in [-0.15, -0.1) is 0 Å². The molecule has 2 bridgehead atoms. The third-order valence-corrected chi connectivity index (χ3v) is 9.55. The number of para-hydroxylation sites is 2. The van der Waals surface area contributed by atoms with Crippen LogP contribution in [0.1, 0.15) is 64.8 Å². The van der Waals surface area contributed by atoms with Gasteiger partial charge in [-0.05, 0) is 70.9 Å². The van der Waals surface area contributed by atoms with Gasteiger partial charge in [0.2, 0.25) is 0 Å². The van der Waals surface area contributed by atoms with Crippen LogP contribution in [0.3, 0.4) is 0 Å². The molecule has 3 amide bonds. The van der Waals surface area contributed by atoms with Crippen LogP contribution < -0.4 is 11.0 Å².